The lowest BCUT2D eigenvalue weighted by molar-refractivity contribution is 0.0535. The van der Waals surface area contributed by atoms with Gasteiger partial charge < -0.3 is 19.7 Å². The number of nitriles is 1. The van der Waals surface area contributed by atoms with E-state index in [1.165, 1.54) is 13.2 Å². The Balaban J connectivity index is 2.76. The summed E-state index contributed by atoms with van der Waals surface area (Å²) in [5.74, 6) is 0.927. The number of hydrogen-bond donors (Lipinski definition) is 2. The van der Waals surface area contributed by atoms with E-state index in [0.717, 1.165) is 0 Å². The largest absolute Gasteiger partial charge is 0.497 e. The molecule has 0 aromatic heterocycles. The molecule has 1 atom stereocenters. The summed E-state index contributed by atoms with van der Waals surface area (Å²) in [5, 5.41) is 26.5. The molecular formula is C11H13NO4. The number of nitrogens with zero attached hydrogens (tertiary/aromatic N) is 1. The van der Waals surface area contributed by atoms with E-state index in [4.69, 9.17) is 24.9 Å². The summed E-state index contributed by atoms with van der Waals surface area (Å²) >= 11 is 0. The van der Waals surface area contributed by atoms with E-state index in [0.29, 0.717) is 17.1 Å². The first-order valence-corrected chi connectivity index (χ1v) is 4.70. The summed E-state index contributed by atoms with van der Waals surface area (Å²) < 4.78 is 10.2. The first kappa shape index (κ1) is 12.3. The number of hydrogen-bond acceptors (Lipinski definition) is 5. The van der Waals surface area contributed by atoms with Crippen LogP contribution in [0.4, 0.5) is 0 Å². The highest BCUT2D eigenvalue weighted by Crippen LogP contribution is 2.22. The average molecular weight is 223 g/mol. The summed E-state index contributed by atoms with van der Waals surface area (Å²) in [6, 6.07) is 6.69. The van der Waals surface area contributed by atoms with Crippen LogP contribution in [0.3, 0.4) is 0 Å². The fourth-order valence-corrected chi connectivity index (χ4v) is 1.08. The van der Waals surface area contributed by atoms with Gasteiger partial charge in [0.2, 0.25) is 0 Å². The number of aliphatic hydroxyl groups excluding tert-OH is 2. The maximum absolute atomic E-state index is 9.10. The highest BCUT2D eigenvalue weighted by Gasteiger charge is 2.05. The SMILES string of the molecule is COc1cc(C#N)cc(OCC(O)CO)c1. The van der Waals surface area contributed by atoms with Crippen LogP contribution in [-0.4, -0.2) is 36.6 Å². The Morgan fingerprint density at radius 3 is 2.62 bits per heavy atom. The molecule has 5 nitrogen and oxygen atoms in total. The zero-order valence-electron chi connectivity index (χ0n) is 8.88. The van der Waals surface area contributed by atoms with Crippen molar-refractivity contribution in [3.63, 3.8) is 0 Å². The van der Waals surface area contributed by atoms with E-state index >= 15 is 0 Å². The highest BCUT2D eigenvalue weighted by atomic mass is 16.5. The molecule has 0 amide bonds. The molecule has 0 saturated carbocycles. The number of methoxy groups -OCH3 is 1. The first-order chi connectivity index (χ1) is 7.69. The van der Waals surface area contributed by atoms with Gasteiger partial charge in [-0.3, -0.25) is 0 Å². The van der Waals surface area contributed by atoms with Gasteiger partial charge in [0, 0.05) is 6.07 Å². The van der Waals surface area contributed by atoms with Gasteiger partial charge in [0.05, 0.1) is 25.3 Å². The first-order valence-electron chi connectivity index (χ1n) is 4.70. The Morgan fingerprint density at radius 1 is 1.38 bits per heavy atom. The summed E-state index contributed by atoms with van der Waals surface area (Å²) in [7, 11) is 1.49. The van der Waals surface area contributed by atoms with Crippen LogP contribution in [-0.2, 0) is 0 Å². The molecule has 2 N–H and O–H groups in total. The molecule has 16 heavy (non-hydrogen) atoms. The molecule has 0 bridgehead atoms. The summed E-state index contributed by atoms with van der Waals surface area (Å²) in [6.07, 6.45) is -0.934. The lowest BCUT2D eigenvalue weighted by Gasteiger charge is -2.11. The Bertz CT molecular complexity index is 386. The van der Waals surface area contributed by atoms with Crippen LogP contribution in [0.2, 0.25) is 0 Å². The molecule has 0 aliphatic rings. The second-order valence-corrected chi connectivity index (χ2v) is 3.16. The Labute approximate surface area is 93.5 Å². The maximum Gasteiger partial charge on any atom is 0.124 e. The standard InChI is InChI=1S/C11H13NO4/c1-15-10-2-8(5-12)3-11(4-10)16-7-9(14)6-13/h2-4,9,13-14H,6-7H2,1H3. The van der Waals surface area contributed by atoms with Crippen molar-refractivity contribution in [2.24, 2.45) is 0 Å². The molecule has 5 heteroatoms. The van der Waals surface area contributed by atoms with Crippen molar-refractivity contribution >= 4 is 0 Å². The highest BCUT2D eigenvalue weighted by molar-refractivity contribution is 5.43. The predicted molar refractivity (Wildman–Crippen MR) is 56.3 cm³/mol. The van der Waals surface area contributed by atoms with Crippen LogP contribution < -0.4 is 9.47 Å². The molecule has 0 radical (unpaired) electrons. The molecule has 1 aromatic carbocycles. The van der Waals surface area contributed by atoms with Crippen LogP contribution >= 0.6 is 0 Å². The van der Waals surface area contributed by atoms with Crippen molar-refractivity contribution < 1.29 is 19.7 Å². The van der Waals surface area contributed by atoms with E-state index in [9.17, 15) is 0 Å². The lowest BCUT2D eigenvalue weighted by atomic mass is 10.2. The number of aliphatic hydroxyl groups is 2. The molecule has 0 aliphatic carbocycles. The van der Waals surface area contributed by atoms with E-state index in [1.54, 1.807) is 12.1 Å². The average Bonchev–Trinajstić information content (AvgIpc) is 2.35. The third kappa shape index (κ3) is 3.42. The van der Waals surface area contributed by atoms with Crippen molar-refractivity contribution in [2.75, 3.05) is 20.3 Å². The van der Waals surface area contributed by atoms with Gasteiger partial charge in [-0.1, -0.05) is 0 Å². The fourth-order valence-electron chi connectivity index (χ4n) is 1.08. The normalized spacial score (nSPS) is 11.6. The quantitative estimate of drug-likeness (QED) is 0.750. The van der Waals surface area contributed by atoms with Crippen LogP contribution in [0.1, 0.15) is 5.56 Å². The molecule has 1 aromatic rings. The van der Waals surface area contributed by atoms with Gasteiger partial charge in [-0.05, 0) is 12.1 Å². The smallest absolute Gasteiger partial charge is 0.124 e. The fraction of sp³-hybridized carbons (Fsp3) is 0.364. The predicted octanol–water partition coefficient (Wildman–Crippen LogP) is 0.299. The zero-order chi connectivity index (χ0) is 12.0. The van der Waals surface area contributed by atoms with Crippen LogP contribution in [0, 0.1) is 11.3 Å². The number of rotatable bonds is 5. The molecule has 0 spiro atoms. The molecular weight excluding hydrogens is 210 g/mol. The minimum atomic E-state index is -0.934. The second-order valence-electron chi connectivity index (χ2n) is 3.16. The minimum Gasteiger partial charge on any atom is -0.497 e. The minimum absolute atomic E-state index is 0.0332. The monoisotopic (exact) mass is 223 g/mol. The van der Waals surface area contributed by atoms with Gasteiger partial charge in [-0.15, -0.1) is 0 Å². The maximum atomic E-state index is 9.10. The van der Waals surface area contributed by atoms with E-state index in [2.05, 4.69) is 0 Å². The molecule has 86 valence electrons. The lowest BCUT2D eigenvalue weighted by Crippen LogP contribution is -2.21. The molecule has 0 heterocycles. The molecule has 0 saturated heterocycles. The van der Waals surface area contributed by atoms with Crippen LogP contribution in [0.25, 0.3) is 0 Å². The summed E-state index contributed by atoms with van der Waals surface area (Å²) in [4.78, 5) is 0. The Kier molecular flexibility index (Phi) is 4.58. The van der Waals surface area contributed by atoms with Crippen molar-refractivity contribution in [1.29, 1.82) is 5.26 Å². The van der Waals surface area contributed by atoms with E-state index in [1.807, 2.05) is 6.07 Å². The van der Waals surface area contributed by atoms with E-state index < -0.39 is 6.10 Å². The molecule has 1 unspecified atom stereocenters. The van der Waals surface area contributed by atoms with Gasteiger partial charge in [-0.25, -0.2) is 0 Å². The number of benzene rings is 1. The van der Waals surface area contributed by atoms with E-state index in [-0.39, 0.29) is 13.2 Å². The topological polar surface area (TPSA) is 82.7 Å². The van der Waals surface area contributed by atoms with Gasteiger partial charge in [0.25, 0.3) is 0 Å². The van der Waals surface area contributed by atoms with Gasteiger partial charge >= 0.3 is 0 Å². The number of ether oxygens (including phenoxy) is 2. The van der Waals surface area contributed by atoms with Gasteiger partial charge in [0.15, 0.2) is 0 Å². The molecule has 0 fully saturated rings. The molecule has 0 aliphatic heterocycles. The van der Waals surface area contributed by atoms with Crippen molar-refractivity contribution in [1.82, 2.24) is 0 Å². The van der Waals surface area contributed by atoms with Crippen molar-refractivity contribution in [3.05, 3.63) is 23.8 Å². The molecule has 1 rings (SSSR count). The third-order valence-corrected chi connectivity index (χ3v) is 1.90. The Morgan fingerprint density at radius 2 is 2.06 bits per heavy atom. The summed E-state index contributed by atoms with van der Waals surface area (Å²) in [6.45, 7) is -0.399. The third-order valence-electron chi connectivity index (χ3n) is 1.90. The second kappa shape index (κ2) is 5.95. The van der Waals surface area contributed by atoms with Crippen molar-refractivity contribution in [2.45, 2.75) is 6.10 Å². The van der Waals surface area contributed by atoms with Crippen LogP contribution in [0.15, 0.2) is 18.2 Å². The van der Waals surface area contributed by atoms with Crippen LogP contribution in [0.5, 0.6) is 11.5 Å². The Hall–Kier alpha value is -1.77. The summed E-state index contributed by atoms with van der Waals surface area (Å²) in [5.41, 5.74) is 0.410. The zero-order valence-corrected chi connectivity index (χ0v) is 8.88. The van der Waals surface area contributed by atoms with Gasteiger partial charge in [0.1, 0.15) is 24.2 Å². The van der Waals surface area contributed by atoms with Crippen molar-refractivity contribution in [3.8, 4) is 17.6 Å². The van der Waals surface area contributed by atoms with Gasteiger partial charge in [-0.2, -0.15) is 5.26 Å².